The van der Waals surface area contributed by atoms with Crippen molar-refractivity contribution < 1.29 is 13.0 Å². The van der Waals surface area contributed by atoms with E-state index in [4.69, 9.17) is 13.0 Å². The van der Waals surface area contributed by atoms with Crippen LogP contribution in [0.5, 0.6) is 0 Å². The van der Waals surface area contributed by atoms with Crippen molar-refractivity contribution >= 4 is 23.0 Å². The van der Waals surface area contributed by atoms with Crippen LogP contribution in [0.4, 0.5) is 0 Å². The number of hydrogen-bond donors (Lipinski definition) is 0. The molecule has 0 heterocycles. The Labute approximate surface area is 94.1 Å². The van der Waals surface area contributed by atoms with Crippen molar-refractivity contribution in [3.63, 3.8) is 0 Å². The minimum absolute atomic E-state index is 1.26. The Morgan fingerprint density at radius 1 is 1.00 bits per heavy atom. The highest BCUT2D eigenvalue weighted by Crippen LogP contribution is 2.07. The Morgan fingerprint density at radius 2 is 1.53 bits per heavy atom. The quantitative estimate of drug-likeness (QED) is 0.724. The van der Waals surface area contributed by atoms with Crippen LogP contribution in [0.1, 0.15) is 0 Å². The van der Waals surface area contributed by atoms with E-state index >= 15 is 0 Å². The van der Waals surface area contributed by atoms with Crippen LogP contribution in [-0.2, 0) is 13.0 Å². The molecular formula is C10H18O3Si2. The standard InChI is InChI=1S/C10H18O3Si2/c1-11-14(12-2)13-15(3,4)10-8-6-5-7-9-10/h5-9,14H,1-4H3. The Kier molecular flexibility index (Phi) is 4.68. The molecule has 1 rings (SSSR count). The molecule has 0 aromatic heterocycles. The Balaban J connectivity index is 2.74. The summed E-state index contributed by atoms with van der Waals surface area (Å²) in [5, 5.41) is 1.26. The molecule has 0 amide bonds. The van der Waals surface area contributed by atoms with Crippen LogP contribution >= 0.6 is 0 Å². The molecule has 15 heavy (non-hydrogen) atoms. The molecule has 5 heteroatoms. The smallest absolute Gasteiger partial charge is 0.414 e. The van der Waals surface area contributed by atoms with E-state index < -0.39 is 17.8 Å². The van der Waals surface area contributed by atoms with Crippen molar-refractivity contribution in [3.05, 3.63) is 30.3 Å². The molecule has 0 N–H and O–H groups in total. The molecule has 0 aliphatic rings. The monoisotopic (exact) mass is 242 g/mol. The molecule has 0 aliphatic heterocycles. The molecule has 1 aromatic rings. The number of benzene rings is 1. The van der Waals surface area contributed by atoms with Crippen LogP contribution in [0, 0.1) is 0 Å². The van der Waals surface area contributed by atoms with Gasteiger partial charge in [-0.25, -0.2) is 0 Å². The largest absolute Gasteiger partial charge is 0.473 e. The molecule has 0 bridgehead atoms. The molecule has 0 radical (unpaired) electrons. The minimum Gasteiger partial charge on any atom is -0.414 e. The van der Waals surface area contributed by atoms with Crippen molar-refractivity contribution in [2.24, 2.45) is 0 Å². The second-order valence-corrected chi connectivity index (χ2v) is 9.82. The Morgan fingerprint density at radius 3 is 2.00 bits per heavy atom. The summed E-state index contributed by atoms with van der Waals surface area (Å²) in [4.78, 5) is 0. The van der Waals surface area contributed by atoms with E-state index in [-0.39, 0.29) is 0 Å². The maximum absolute atomic E-state index is 5.96. The molecule has 1 aromatic carbocycles. The fourth-order valence-electron chi connectivity index (χ4n) is 1.34. The first-order chi connectivity index (χ1) is 7.10. The maximum atomic E-state index is 5.96. The summed E-state index contributed by atoms with van der Waals surface area (Å²) in [6.45, 7) is 4.31. The second-order valence-electron chi connectivity index (χ2n) is 3.75. The number of hydrogen-bond acceptors (Lipinski definition) is 3. The fourth-order valence-corrected chi connectivity index (χ4v) is 5.77. The second kappa shape index (κ2) is 5.57. The zero-order valence-corrected chi connectivity index (χ0v) is 11.8. The molecule has 0 fully saturated rings. The third-order valence-electron chi connectivity index (χ3n) is 2.24. The molecule has 0 atom stereocenters. The van der Waals surface area contributed by atoms with Crippen molar-refractivity contribution in [3.8, 4) is 0 Å². The van der Waals surface area contributed by atoms with Crippen LogP contribution in [0.15, 0.2) is 30.3 Å². The van der Waals surface area contributed by atoms with Crippen molar-refractivity contribution in [1.82, 2.24) is 0 Å². The molecule has 3 nitrogen and oxygen atoms in total. The molecule has 84 valence electrons. The van der Waals surface area contributed by atoms with Gasteiger partial charge in [-0.3, -0.25) is 0 Å². The van der Waals surface area contributed by atoms with Gasteiger partial charge in [0.25, 0.3) is 0 Å². The average molecular weight is 242 g/mol. The third-order valence-corrected chi connectivity index (χ3v) is 7.87. The molecular weight excluding hydrogens is 224 g/mol. The van der Waals surface area contributed by atoms with E-state index in [2.05, 4.69) is 25.2 Å². The highest BCUT2D eigenvalue weighted by atomic mass is 28.4. The van der Waals surface area contributed by atoms with Gasteiger partial charge in [-0.15, -0.1) is 0 Å². The van der Waals surface area contributed by atoms with Crippen LogP contribution in [0.25, 0.3) is 0 Å². The van der Waals surface area contributed by atoms with E-state index in [1.54, 1.807) is 14.2 Å². The third kappa shape index (κ3) is 3.55. The van der Waals surface area contributed by atoms with E-state index in [1.165, 1.54) is 5.19 Å². The lowest BCUT2D eigenvalue weighted by Gasteiger charge is -2.26. The first-order valence-electron chi connectivity index (χ1n) is 4.89. The zero-order valence-electron chi connectivity index (χ0n) is 9.69. The summed E-state index contributed by atoms with van der Waals surface area (Å²) in [5.74, 6) is 0. The van der Waals surface area contributed by atoms with Crippen molar-refractivity contribution in [1.29, 1.82) is 0 Å². The summed E-state index contributed by atoms with van der Waals surface area (Å²) >= 11 is 0. The summed E-state index contributed by atoms with van der Waals surface area (Å²) in [5.41, 5.74) is 0. The molecule has 0 spiro atoms. The Hall–Kier alpha value is -0.466. The lowest BCUT2D eigenvalue weighted by molar-refractivity contribution is 0.200. The lowest BCUT2D eigenvalue weighted by atomic mass is 10.4. The topological polar surface area (TPSA) is 27.7 Å². The SMILES string of the molecule is CO[SiH](OC)O[Si](C)(C)c1ccccc1. The van der Waals surface area contributed by atoms with E-state index in [1.807, 2.05) is 18.2 Å². The van der Waals surface area contributed by atoms with Gasteiger partial charge in [-0.05, 0) is 18.3 Å². The highest BCUT2D eigenvalue weighted by Gasteiger charge is 2.30. The van der Waals surface area contributed by atoms with Gasteiger partial charge in [0.15, 0.2) is 0 Å². The van der Waals surface area contributed by atoms with Crippen LogP contribution in [0.3, 0.4) is 0 Å². The summed E-state index contributed by atoms with van der Waals surface area (Å²) in [6, 6.07) is 10.3. The molecule has 0 saturated heterocycles. The normalized spacial score (nSPS) is 12.1. The molecule has 0 unspecified atom stereocenters. The van der Waals surface area contributed by atoms with Gasteiger partial charge in [-0.1, -0.05) is 30.3 Å². The fraction of sp³-hybridized carbons (Fsp3) is 0.400. The van der Waals surface area contributed by atoms with Crippen LogP contribution in [-0.4, -0.2) is 32.1 Å². The van der Waals surface area contributed by atoms with Crippen molar-refractivity contribution in [2.45, 2.75) is 13.1 Å². The predicted molar refractivity (Wildman–Crippen MR) is 65.8 cm³/mol. The van der Waals surface area contributed by atoms with Gasteiger partial charge in [0.05, 0.1) is 0 Å². The van der Waals surface area contributed by atoms with Crippen LogP contribution in [0.2, 0.25) is 13.1 Å². The maximum Gasteiger partial charge on any atom is 0.473 e. The van der Waals surface area contributed by atoms with Gasteiger partial charge in [0.2, 0.25) is 8.32 Å². The molecule has 0 saturated carbocycles. The number of rotatable bonds is 5. The summed E-state index contributed by atoms with van der Waals surface area (Å²) in [7, 11) is -0.528. The van der Waals surface area contributed by atoms with Crippen molar-refractivity contribution in [2.75, 3.05) is 14.2 Å². The first kappa shape index (κ1) is 12.6. The van der Waals surface area contributed by atoms with E-state index in [0.717, 1.165) is 0 Å². The van der Waals surface area contributed by atoms with Gasteiger partial charge in [0.1, 0.15) is 0 Å². The first-order valence-corrected chi connectivity index (χ1v) is 9.21. The Bertz CT molecular complexity index is 286. The van der Waals surface area contributed by atoms with Gasteiger partial charge < -0.3 is 13.0 Å². The zero-order chi connectivity index (χ0) is 11.3. The average Bonchev–Trinajstić information content (AvgIpc) is 2.27. The lowest BCUT2D eigenvalue weighted by Crippen LogP contribution is -2.49. The predicted octanol–water partition coefficient (Wildman–Crippen LogP) is 1.13. The van der Waals surface area contributed by atoms with Gasteiger partial charge in [0, 0.05) is 14.2 Å². The molecule has 0 aliphatic carbocycles. The van der Waals surface area contributed by atoms with Crippen LogP contribution < -0.4 is 5.19 Å². The summed E-state index contributed by atoms with van der Waals surface area (Å²) < 4.78 is 16.3. The summed E-state index contributed by atoms with van der Waals surface area (Å²) in [6.07, 6.45) is 0. The van der Waals surface area contributed by atoms with Gasteiger partial charge in [-0.2, -0.15) is 0 Å². The van der Waals surface area contributed by atoms with Gasteiger partial charge >= 0.3 is 9.53 Å². The minimum atomic E-state index is -1.93. The van der Waals surface area contributed by atoms with E-state index in [9.17, 15) is 0 Å². The highest BCUT2D eigenvalue weighted by molar-refractivity contribution is 6.87. The van der Waals surface area contributed by atoms with E-state index in [0.29, 0.717) is 0 Å².